The van der Waals surface area contributed by atoms with Crippen molar-refractivity contribution < 1.29 is 22.1 Å². The molecule has 0 unspecified atom stereocenters. The Morgan fingerprint density at radius 2 is 0.724 bits per heavy atom. The van der Waals surface area contributed by atoms with Crippen molar-refractivity contribution in [3.8, 4) is 61.8 Å². The molecule has 0 aliphatic carbocycles. The first-order chi connectivity index (χ1) is 66.4. The molecule has 12 nitrogen and oxygen atoms in total. The molecule has 0 fully saturated rings. The van der Waals surface area contributed by atoms with E-state index < -0.39 is 0 Å². The maximum absolute atomic E-state index is 6.37. The van der Waals surface area contributed by atoms with Crippen molar-refractivity contribution in [1.82, 2.24) is 14.5 Å². The zero-order valence-corrected chi connectivity index (χ0v) is 72.3. The quantitative estimate of drug-likeness (QED) is 0.0772. The number of aromatic nitrogens is 3. The van der Waals surface area contributed by atoms with Gasteiger partial charge in [0.05, 0.1) is 33.5 Å². The van der Waals surface area contributed by atoms with Gasteiger partial charge in [-0.1, -0.05) is 291 Å². The maximum Gasteiger partial charge on any atom is 0.227 e. The minimum Gasteiger partial charge on any atom is -0.456 e. The van der Waals surface area contributed by atoms with Gasteiger partial charge in [-0.15, -0.1) is 0 Å². The standard InChI is InChI=1S/C36H24N2O.C32H21NO.C31H20N2O2.C23H16N2O/c1-3-11-24(12-4-1)31-21-26(22-32-30-16-8-10-18-35(30)39-36(31)32)37-25-19-20-29-28-15-7-9-17-33(28)38(34(29)23-25)27-13-5-2-6-14-27;1-2-11-23(12-3-1)33-29-19-22(20-31-32(29)27-16-8-9-17-30(27)34-31)28-18-21-10-4-5-13-24(21)25-14-6-7-15-26(25)28;1-2-8-20(9-3-1)21-14-16-23(17-15-21)32-27-19-22(31-33-26-11-5-7-13-29(26)35-31)18-25-24-10-4-6-12-28(24)34-30(25)27;1-2-8-16(9-3-1)25-21-14-18-17-10-4-5-12-22(17)26-23(18)15-19(21)20-11-6-7-13-24-20/h1-23,37H;1-20,33H;1-19,32H;1-15,25H. The second kappa shape index (κ2) is 34.4. The summed E-state index contributed by atoms with van der Waals surface area (Å²) >= 11 is 0. The molecule has 20 aromatic carbocycles. The third-order valence-corrected chi connectivity index (χ3v) is 25.0. The normalized spacial score (nSPS) is 11.4. The minimum absolute atomic E-state index is 0.584. The van der Waals surface area contributed by atoms with Gasteiger partial charge in [0.2, 0.25) is 5.89 Å². The Kier molecular flexibility index (Phi) is 20.3. The Morgan fingerprint density at radius 1 is 0.216 bits per heavy atom. The number of nitrogens with one attached hydrogen (secondary N) is 4. The van der Waals surface area contributed by atoms with Crippen LogP contribution in [0, 0.1) is 0 Å². The molecule has 12 heteroatoms. The second-order valence-electron chi connectivity index (χ2n) is 33.3. The van der Waals surface area contributed by atoms with Gasteiger partial charge in [-0.2, -0.15) is 0 Å². The van der Waals surface area contributed by atoms with E-state index in [9.17, 15) is 0 Å². The summed E-state index contributed by atoms with van der Waals surface area (Å²) in [5.41, 5.74) is 29.9. The van der Waals surface area contributed by atoms with Gasteiger partial charge in [-0.25, -0.2) is 4.98 Å². The van der Waals surface area contributed by atoms with Crippen molar-refractivity contribution in [1.29, 1.82) is 0 Å². The van der Waals surface area contributed by atoms with Gasteiger partial charge in [-0.3, -0.25) is 4.98 Å². The minimum atomic E-state index is 0.584. The number of anilines is 8. The molecule has 27 aromatic rings. The molecule has 7 heterocycles. The van der Waals surface area contributed by atoms with E-state index in [1.54, 1.807) is 0 Å². The largest absolute Gasteiger partial charge is 0.456 e. The highest BCUT2D eigenvalue weighted by atomic mass is 16.4. The molecule has 4 N–H and O–H groups in total. The van der Waals surface area contributed by atoms with Gasteiger partial charge < -0.3 is 47.9 Å². The van der Waals surface area contributed by atoms with Gasteiger partial charge in [0, 0.05) is 111 Å². The Balaban J connectivity index is 0.0000000990. The fourth-order valence-electron chi connectivity index (χ4n) is 18.7. The molecule has 0 radical (unpaired) electrons. The van der Waals surface area contributed by atoms with Crippen molar-refractivity contribution in [2.75, 3.05) is 21.3 Å². The van der Waals surface area contributed by atoms with E-state index in [2.05, 4.69) is 334 Å². The molecule has 0 amide bonds. The van der Waals surface area contributed by atoms with Gasteiger partial charge in [0.25, 0.3) is 0 Å². The molecule has 0 atom stereocenters. The Bertz CT molecular complexity index is 9030. The molecule has 0 saturated carbocycles. The van der Waals surface area contributed by atoms with Gasteiger partial charge in [0.1, 0.15) is 44.6 Å². The number of benzene rings is 20. The Labute approximate surface area is 769 Å². The fraction of sp³-hybridized carbons (Fsp3) is 0. The highest BCUT2D eigenvalue weighted by Crippen LogP contribution is 2.47. The third-order valence-electron chi connectivity index (χ3n) is 25.0. The Morgan fingerprint density at radius 3 is 1.42 bits per heavy atom. The van der Waals surface area contributed by atoms with Gasteiger partial charge in [-0.05, 0) is 219 Å². The number of para-hydroxylation sites is 10. The van der Waals surface area contributed by atoms with E-state index >= 15 is 0 Å². The summed E-state index contributed by atoms with van der Waals surface area (Å²) in [4.78, 5) is 9.25. The summed E-state index contributed by atoms with van der Waals surface area (Å²) in [7, 11) is 0. The van der Waals surface area contributed by atoms with Crippen molar-refractivity contribution in [2.24, 2.45) is 0 Å². The predicted molar refractivity (Wildman–Crippen MR) is 556 cm³/mol. The molecule has 0 bridgehead atoms. The summed E-state index contributed by atoms with van der Waals surface area (Å²) in [6, 6.07) is 159. The van der Waals surface area contributed by atoms with Crippen molar-refractivity contribution in [2.45, 2.75) is 0 Å². The number of furan rings is 4. The van der Waals surface area contributed by atoms with Crippen LogP contribution in [-0.2, 0) is 0 Å². The number of rotatable bonds is 14. The molecule has 0 saturated heterocycles. The van der Waals surface area contributed by atoms with Crippen LogP contribution in [0.1, 0.15) is 0 Å². The summed E-state index contributed by atoms with van der Waals surface area (Å²) in [6.07, 6.45) is 1.81. The van der Waals surface area contributed by atoms with Crippen LogP contribution in [0.3, 0.4) is 0 Å². The van der Waals surface area contributed by atoms with E-state index in [0.717, 1.165) is 184 Å². The lowest BCUT2D eigenvalue weighted by molar-refractivity contribution is 0.620. The lowest BCUT2D eigenvalue weighted by Gasteiger charge is -2.14. The number of hydrogen-bond donors (Lipinski definition) is 4. The summed E-state index contributed by atoms with van der Waals surface area (Å²) < 4.78 is 33.5. The lowest BCUT2D eigenvalue weighted by atomic mass is 9.92. The molecule has 0 aliphatic heterocycles. The predicted octanol–water partition coefficient (Wildman–Crippen LogP) is 34.6. The summed E-state index contributed by atoms with van der Waals surface area (Å²) in [5, 5.41) is 30.7. The first-order valence-electron chi connectivity index (χ1n) is 44.9. The Hall–Kier alpha value is -18.3. The van der Waals surface area contributed by atoms with Gasteiger partial charge >= 0.3 is 0 Å². The molecule has 134 heavy (non-hydrogen) atoms. The van der Waals surface area contributed by atoms with Crippen LogP contribution < -0.4 is 21.3 Å². The van der Waals surface area contributed by atoms with E-state index in [0.29, 0.717) is 5.89 Å². The highest BCUT2D eigenvalue weighted by Gasteiger charge is 2.23. The molecule has 0 aliphatic rings. The first-order valence-corrected chi connectivity index (χ1v) is 44.9. The molecular formula is C122H81N7O5. The fourth-order valence-corrected chi connectivity index (χ4v) is 18.7. The van der Waals surface area contributed by atoms with E-state index in [4.69, 9.17) is 27.1 Å². The smallest absolute Gasteiger partial charge is 0.227 e. The zero-order chi connectivity index (χ0) is 88.8. The number of fused-ring (bicyclic) bond motifs is 19. The van der Waals surface area contributed by atoms with E-state index in [1.165, 1.54) is 60.0 Å². The van der Waals surface area contributed by atoms with Crippen LogP contribution >= 0.6 is 0 Å². The lowest BCUT2D eigenvalue weighted by Crippen LogP contribution is -1.95. The zero-order valence-electron chi connectivity index (χ0n) is 72.3. The van der Waals surface area contributed by atoms with E-state index in [-0.39, 0.29) is 0 Å². The topological polar surface area (TPSA) is 145 Å². The number of nitrogens with zero attached hydrogens (tertiary/aromatic N) is 3. The summed E-state index contributed by atoms with van der Waals surface area (Å²) in [6.45, 7) is 0. The van der Waals surface area contributed by atoms with Crippen LogP contribution in [-0.4, -0.2) is 14.5 Å². The van der Waals surface area contributed by atoms with E-state index in [1.807, 2.05) is 164 Å². The van der Waals surface area contributed by atoms with Crippen molar-refractivity contribution in [3.63, 3.8) is 0 Å². The number of oxazole rings is 1. The summed E-state index contributed by atoms with van der Waals surface area (Å²) in [5.74, 6) is 0.584. The SMILES string of the molecule is c1ccc(-c2cc(Nc3ccc4c5ccccc5n(-c5ccccc5)c4c3)cc3c2oc2ccccc23)cc1.c1ccc(-c2ccc(Nc3cc(-c4nc5ccccc5o4)cc4c3oc3ccccc34)cc2)cc1.c1ccc(Nc2cc(-c3cc4ccccc4c4ccccc34)cc3oc4ccccc4c23)cc1.c1ccc(Nc2cc3c(cc2-c2ccccn2)oc2ccccc23)cc1. The average molecular weight is 1730 g/mol. The van der Waals surface area contributed by atoms with Crippen LogP contribution in [0.25, 0.3) is 204 Å². The molecule has 634 valence electrons. The van der Waals surface area contributed by atoms with Crippen LogP contribution in [0.2, 0.25) is 0 Å². The monoisotopic (exact) mass is 1720 g/mol. The van der Waals surface area contributed by atoms with Gasteiger partial charge in [0.15, 0.2) is 11.2 Å². The number of hydrogen-bond acceptors (Lipinski definition) is 11. The van der Waals surface area contributed by atoms with Crippen LogP contribution in [0.5, 0.6) is 0 Å². The van der Waals surface area contributed by atoms with Crippen molar-refractivity contribution >= 4 is 188 Å². The molecule has 27 rings (SSSR count). The third kappa shape index (κ3) is 15.2. The highest BCUT2D eigenvalue weighted by molar-refractivity contribution is 6.19. The van der Waals surface area contributed by atoms with Crippen LogP contribution in [0.4, 0.5) is 45.5 Å². The second-order valence-corrected chi connectivity index (χ2v) is 33.3. The van der Waals surface area contributed by atoms with Crippen LogP contribution in [0.15, 0.2) is 489 Å². The van der Waals surface area contributed by atoms with Crippen molar-refractivity contribution in [3.05, 3.63) is 467 Å². The first kappa shape index (κ1) is 79.2. The molecular weight excluding hydrogens is 1640 g/mol. The average Bonchev–Trinajstić information content (AvgIpc) is 1.54. The maximum atomic E-state index is 6.37. The molecule has 7 aromatic heterocycles. The number of pyridine rings is 1. The molecule has 0 spiro atoms.